The Morgan fingerprint density at radius 1 is 0.889 bits per heavy atom. The standard InChI is InChI=1S/C21H24N6/c1-17-15-20(23-16-18-7-9-22-10-8-18)25-21(24-17)27-13-11-26(12-14-27)19-5-3-2-4-6-19/h2-10,15H,11-14,16H2,1H3,(H,23,24,25). The molecule has 3 aromatic rings. The summed E-state index contributed by atoms with van der Waals surface area (Å²) >= 11 is 0. The number of piperazine rings is 1. The lowest BCUT2D eigenvalue weighted by Gasteiger charge is -2.36. The molecular weight excluding hydrogens is 336 g/mol. The molecule has 0 radical (unpaired) electrons. The average molecular weight is 360 g/mol. The highest BCUT2D eigenvalue weighted by molar-refractivity contribution is 5.49. The molecule has 0 saturated carbocycles. The molecule has 0 atom stereocenters. The third-order valence-corrected chi connectivity index (χ3v) is 4.75. The fourth-order valence-electron chi connectivity index (χ4n) is 3.28. The van der Waals surface area contributed by atoms with Crippen LogP contribution in [0, 0.1) is 6.92 Å². The van der Waals surface area contributed by atoms with E-state index in [9.17, 15) is 0 Å². The van der Waals surface area contributed by atoms with Crippen molar-refractivity contribution in [3.05, 3.63) is 72.2 Å². The fourth-order valence-corrected chi connectivity index (χ4v) is 3.28. The first-order valence-corrected chi connectivity index (χ1v) is 9.31. The third kappa shape index (κ3) is 4.34. The molecule has 2 aromatic heterocycles. The molecule has 1 fully saturated rings. The van der Waals surface area contributed by atoms with Gasteiger partial charge in [0.1, 0.15) is 5.82 Å². The molecule has 1 aliphatic rings. The van der Waals surface area contributed by atoms with E-state index in [-0.39, 0.29) is 0 Å². The van der Waals surface area contributed by atoms with Gasteiger partial charge < -0.3 is 15.1 Å². The Bertz CT molecular complexity index is 860. The van der Waals surface area contributed by atoms with Crippen LogP contribution in [0.15, 0.2) is 60.9 Å². The fraction of sp³-hybridized carbons (Fsp3) is 0.286. The predicted octanol–water partition coefficient (Wildman–Crippen LogP) is 3.12. The maximum absolute atomic E-state index is 4.74. The van der Waals surface area contributed by atoms with Gasteiger partial charge in [-0.15, -0.1) is 0 Å². The number of nitrogens with one attached hydrogen (secondary N) is 1. The molecule has 3 heterocycles. The molecule has 138 valence electrons. The van der Waals surface area contributed by atoms with Crippen molar-refractivity contribution in [3.63, 3.8) is 0 Å². The maximum Gasteiger partial charge on any atom is 0.227 e. The number of hydrogen-bond acceptors (Lipinski definition) is 6. The summed E-state index contributed by atoms with van der Waals surface area (Å²) in [4.78, 5) is 18.1. The average Bonchev–Trinajstić information content (AvgIpc) is 2.73. The van der Waals surface area contributed by atoms with Gasteiger partial charge in [-0.2, -0.15) is 4.98 Å². The number of pyridine rings is 1. The van der Waals surface area contributed by atoms with Gasteiger partial charge in [0.15, 0.2) is 0 Å². The zero-order valence-corrected chi connectivity index (χ0v) is 15.5. The molecule has 1 saturated heterocycles. The second-order valence-corrected chi connectivity index (χ2v) is 6.71. The van der Waals surface area contributed by atoms with E-state index in [1.807, 2.05) is 25.1 Å². The summed E-state index contributed by atoms with van der Waals surface area (Å²) in [6.07, 6.45) is 3.61. The largest absolute Gasteiger partial charge is 0.368 e. The van der Waals surface area contributed by atoms with Crippen LogP contribution in [-0.2, 0) is 6.54 Å². The van der Waals surface area contributed by atoms with Gasteiger partial charge in [-0.05, 0) is 36.8 Å². The van der Waals surface area contributed by atoms with E-state index in [2.05, 4.69) is 55.4 Å². The van der Waals surface area contributed by atoms with Crippen molar-refractivity contribution in [2.45, 2.75) is 13.5 Å². The number of aryl methyl sites for hydroxylation is 1. The minimum Gasteiger partial charge on any atom is -0.368 e. The van der Waals surface area contributed by atoms with Gasteiger partial charge in [0.2, 0.25) is 5.95 Å². The molecule has 6 nitrogen and oxygen atoms in total. The summed E-state index contributed by atoms with van der Waals surface area (Å²) in [6, 6.07) is 16.6. The predicted molar refractivity (Wildman–Crippen MR) is 109 cm³/mol. The molecular formula is C21H24N6. The normalized spacial score (nSPS) is 14.3. The van der Waals surface area contributed by atoms with Gasteiger partial charge in [-0.25, -0.2) is 4.98 Å². The van der Waals surface area contributed by atoms with Gasteiger partial charge in [-0.1, -0.05) is 18.2 Å². The number of nitrogens with zero attached hydrogens (tertiary/aromatic N) is 5. The van der Waals surface area contributed by atoms with Crippen molar-refractivity contribution in [2.75, 3.05) is 41.3 Å². The van der Waals surface area contributed by atoms with E-state index < -0.39 is 0 Å². The van der Waals surface area contributed by atoms with Crippen LogP contribution in [0.25, 0.3) is 0 Å². The summed E-state index contributed by atoms with van der Waals surface area (Å²) in [5.74, 6) is 1.67. The number of aromatic nitrogens is 3. The van der Waals surface area contributed by atoms with E-state index in [1.54, 1.807) is 12.4 Å². The number of rotatable bonds is 5. The lowest BCUT2D eigenvalue weighted by atomic mass is 10.2. The number of para-hydroxylation sites is 1. The summed E-state index contributed by atoms with van der Waals surface area (Å²) in [7, 11) is 0. The summed E-state index contributed by atoms with van der Waals surface area (Å²) in [5.41, 5.74) is 3.43. The molecule has 1 aliphatic heterocycles. The third-order valence-electron chi connectivity index (χ3n) is 4.75. The van der Waals surface area contributed by atoms with Crippen LogP contribution in [-0.4, -0.2) is 41.1 Å². The SMILES string of the molecule is Cc1cc(NCc2ccncc2)nc(N2CCN(c3ccccc3)CC2)n1. The molecule has 0 unspecified atom stereocenters. The molecule has 0 amide bonds. The van der Waals surface area contributed by atoms with E-state index in [1.165, 1.54) is 11.3 Å². The topological polar surface area (TPSA) is 57.2 Å². The van der Waals surface area contributed by atoms with Crippen molar-refractivity contribution < 1.29 is 0 Å². The van der Waals surface area contributed by atoms with Crippen molar-refractivity contribution in [1.82, 2.24) is 15.0 Å². The summed E-state index contributed by atoms with van der Waals surface area (Å²) in [5, 5.41) is 3.40. The monoisotopic (exact) mass is 360 g/mol. The lowest BCUT2D eigenvalue weighted by molar-refractivity contribution is 0.639. The van der Waals surface area contributed by atoms with Gasteiger partial charge in [0.25, 0.3) is 0 Å². The molecule has 1 aromatic carbocycles. The Morgan fingerprint density at radius 3 is 2.33 bits per heavy atom. The quantitative estimate of drug-likeness (QED) is 0.754. The Labute approximate surface area is 159 Å². The Hall–Kier alpha value is -3.15. The second kappa shape index (κ2) is 8.03. The Morgan fingerprint density at radius 2 is 1.59 bits per heavy atom. The number of benzene rings is 1. The van der Waals surface area contributed by atoms with Gasteiger partial charge in [-0.3, -0.25) is 4.98 Å². The Kier molecular flexibility index (Phi) is 5.14. The van der Waals surface area contributed by atoms with Gasteiger partial charge >= 0.3 is 0 Å². The minimum atomic E-state index is 0.722. The van der Waals surface area contributed by atoms with E-state index in [4.69, 9.17) is 4.98 Å². The molecule has 0 bridgehead atoms. The zero-order valence-electron chi connectivity index (χ0n) is 15.5. The van der Waals surface area contributed by atoms with Crippen LogP contribution in [0.1, 0.15) is 11.3 Å². The molecule has 4 rings (SSSR count). The number of anilines is 3. The van der Waals surface area contributed by atoms with Crippen LogP contribution in [0.4, 0.5) is 17.5 Å². The van der Waals surface area contributed by atoms with Crippen LogP contribution >= 0.6 is 0 Å². The van der Waals surface area contributed by atoms with Crippen molar-refractivity contribution in [2.24, 2.45) is 0 Å². The smallest absolute Gasteiger partial charge is 0.227 e. The molecule has 6 heteroatoms. The molecule has 0 spiro atoms. The molecule has 0 aliphatic carbocycles. The first-order valence-electron chi connectivity index (χ1n) is 9.31. The highest BCUT2D eigenvalue weighted by Gasteiger charge is 2.19. The minimum absolute atomic E-state index is 0.722. The van der Waals surface area contributed by atoms with Crippen molar-refractivity contribution >= 4 is 17.5 Å². The number of hydrogen-bond donors (Lipinski definition) is 1. The van der Waals surface area contributed by atoms with Crippen LogP contribution < -0.4 is 15.1 Å². The first kappa shape index (κ1) is 17.3. The Balaban J connectivity index is 1.41. The van der Waals surface area contributed by atoms with E-state index >= 15 is 0 Å². The summed E-state index contributed by atoms with van der Waals surface area (Å²) in [6.45, 7) is 6.52. The van der Waals surface area contributed by atoms with Gasteiger partial charge in [0.05, 0.1) is 0 Å². The van der Waals surface area contributed by atoms with Crippen LogP contribution in [0.2, 0.25) is 0 Å². The highest BCUT2D eigenvalue weighted by atomic mass is 15.3. The molecule has 1 N–H and O–H groups in total. The van der Waals surface area contributed by atoms with Crippen LogP contribution in [0.5, 0.6) is 0 Å². The summed E-state index contributed by atoms with van der Waals surface area (Å²) < 4.78 is 0. The molecule has 27 heavy (non-hydrogen) atoms. The van der Waals surface area contributed by atoms with E-state index in [0.29, 0.717) is 0 Å². The second-order valence-electron chi connectivity index (χ2n) is 6.71. The van der Waals surface area contributed by atoms with Crippen LogP contribution in [0.3, 0.4) is 0 Å². The van der Waals surface area contributed by atoms with Crippen molar-refractivity contribution in [1.29, 1.82) is 0 Å². The first-order chi connectivity index (χ1) is 13.3. The maximum atomic E-state index is 4.74. The van der Waals surface area contributed by atoms with E-state index in [0.717, 1.165) is 50.2 Å². The lowest BCUT2D eigenvalue weighted by Crippen LogP contribution is -2.47. The zero-order chi connectivity index (χ0) is 18.5. The van der Waals surface area contributed by atoms with Crippen molar-refractivity contribution in [3.8, 4) is 0 Å². The highest BCUT2D eigenvalue weighted by Crippen LogP contribution is 2.20. The van der Waals surface area contributed by atoms with Gasteiger partial charge in [0, 0.05) is 62.6 Å².